The molecule has 9 nitrogen and oxygen atoms in total. The molecule has 1 saturated carbocycles. The number of tetrazole rings is 1. The van der Waals surface area contributed by atoms with Crippen molar-refractivity contribution >= 4 is 17.6 Å². The van der Waals surface area contributed by atoms with Crippen molar-refractivity contribution < 1.29 is 9.52 Å². The first-order valence-electron chi connectivity index (χ1n) is 16.5. The Kier molecular flexibility index (Phi) is 9.15. The van der Waals surface area contributed by atoms with Gasteiger partial charge in [-0.3, -0.25) is 0 Å². The fourth-order valence-electron chi connectivity index (χ4n) is 7.16. The second-order valence-electron chi connectivity index (χ2n) is 12.7. The van der Waals surface area contributed by atoms with Crippen molar-refractivity contribution in [2.75, 3.05) is 13.1 Å². The summed E-state index contributed by atoms with van der Waals surface area (Å²) in [6, 6.07) is 28.7. The van der Waals surface area contributed by atoms with Gasteiger partial charge in [-0.2, -0.15) is 9.41 Å². The normalized spacial score (nSPS) is 16.3. The molecule has 47 heavy (non-hydrogen) atoms. The van der Waals surface area contributed by atoms with Crippen LogP contribution < -0.4 is 10.0 Å². The van der Waals surface area contributed by atoms with Gasteiger partial charge in [0.15, 0.2) is 6.20 Å². The van der Waals surface area contributed by atoms with E-state index in [1.54, 1.807) is 16.9 Å². The van der Waals surface area contributed by atoms with E-state index in [-0.39, 0.29) is 11.9 Å². The first-order chi connectivity index (χ1) is 23.0. The Labute approximate surface area is 279 Å². The van der Waals surface area contributed by atoms with E-state index in [1.165, 1.54) is 24.7 Å². The Morgan fingerprint density at radius 1 is 0.957 bits per heavy atom. The van der Waals surface area contributed by atoms with Crippen molar-refractivity contribution in [3.05, 3.63) is 130 Å². The Morgan fingerprint density at radius 3 is 2.51 bits per heavy atom. The highest BCUT2D eigenvalue weighted by atomic mass is 35.5. The zero-order chi connectivity index (χ0) is 32.2. The van der Waals surface area contributed by atoms with Gasteiger partial charge in [0.2, 0.25) is 5.69 Å². The molecule has 2 aromatic heterocycles. The van der Waals surface area contributed by atoms with Crippen molar-refractivity contribution in [2.45, 2.75) is 62.8 Å². The molecule has 1 N–H and O–H groups in total. The molecule has 2 amide bonds. The van der Waals surface area contributed by atoms with E-state index in [2.05, 4.69) is 57.2 Å². The van der Waals surface area contributed by atoms with Crippen molar-refractivity contribution in [2.24, 2.45) is 0 Å². The molecule has 1 atom stereocenters. The minimum Gasteiger partial charge on any atom is -0.618 e. The zero-order valence-electron chi connectivity index (χ0n) is 26.2. The minimum atomic E-state index is -0.167. The summed E-state index contributed by atoms with van der Waals surface area (Å²) in [6.45, 7) is 1.50. The summed E-state index contributed by atoms with van der Waals surface area (Å²) in [5.74, 6) is 0.191. The molecule has 3 aromatic carbocycles. The number of hydrogen-bond acceptors (Lipinski definition) is 5. The molecular formula is C37H38ClN7O2. The van der Waals surface area contributed by atoms with Crippen LogP contribution in [0.5, 0.6) is 0 Å². The van der Waals surface area contributed by atoms with Crippen molar-refractivity contribution in [1.29, 1.82) is 0 Å². The van der Waals surface area contributed by atoms with E-state index in [4.69, 9.17) is 11.6 Å². The molecule has 0 spiro atoms. The van der Waals surface area contributed by atoms with Crippen LogP contribution in [0.2, 0.25) is 5.02 Å². The number of rotatable bonds is 8. The summed E-state index contributed by atoms with van der Waals surface area (Å²) in [4.78, 5) is 14.9. The van der Waals surface area contributed by atoms with Gasteiger partial charge in [0.1, 0.15) is 6.33 Å². The maximum absolute atomic E-state index is 13.9. The second-order valence-corrected chi connectivity index (χ2v) is 13.1. The number of benzene rings is 3. The first kappa shape index (κ1) is 30.9. The van der Waals surface area contributed by atoms with Crippen molar-refractivity contribution in [3.8, 4) is 16.8 Å². The molecule has 2 aliphatic rings. The predicted molar refractivity (Wildman–Crippen MR) is 181 cm³/mol. The lowest BCUT2D eigenvalue weighted by atomic mass is 9.84. The molecular weight excluding hydrogens is 610 g/mol. The summed E-state index contributed by atoms with van der Waals surface area (Å²) in [5.41, 5.74) is 6.38. The number of carbonyl (C=O) groups excluding carboxylic acids is 1. The van der Waals surface area contributed by atoms with Crippen LogP contribution in [0.25, 0.3) is 16.8 Å². The molecule has 0 bridgehead atoms. The fourth-order valence-corrected chi connectivity index (χ4v) is 7.33. The fraction of sp³-hybridized carbons (Fsp3) is 0.324. The van der Waals surface area contributed by atoms with E-state index < -0.39 is 0 Å². The number of piperidine rings is 1. The quantitative estimate of drug-likeness (QED) is 0.147. The molecule has 1 unspecified atom stereocenters. The molecule has 10 heteroatoms. The van der Waals surface area contributed by atoms with Crippen LogP contribution in [0.15, 0.2) is 97.5 Å². The zero-order valence-corrected chi connectivity index (χ0v) is 27.0. The molecule has 1 saturated heterocycles. The van der Waals surface area contributed by atoms with Crippen LogP contribution in [0.1, 0.15) is 72.7 Å². The minimum absolute atomic E-state index is 0.0818. The van der Waals surface area contributed by atoms with E-state index in [0.29, 0.717) is 34.7 Å². The summed E-state index contributed by atoms with van der Waals surface area (Å²) < 4.78 is 2.55. The van der Waals surface area contributed by atoms with Gasteiger partial charge in [-0.25, -0.2) is 4.79 Å². The molecule has 240 valence electrons. The molecule has 0 radical (unpaired) electrons. The van der Waals surface area contributed by atoms with Crippen LogP contribution in [0.4, 0.5) is 4.79 Å². The third kappa shape index (κ3) is 7.00. The molecule has 1 aliphatic heterocycles. The SMILES string of the molecule is O=C(NC1CCCC1)N1CCC(c2cccc(C(Cc3ccccc3)c3ccc(-c4cc(Cl)ccc4-n4cnnn4)c[n+]3[O-])c2)CC1. The Hall–Kier alpha value is -4.76. The number of aromatic nitrogens is 5. The van der Waals surface area contributed by atoms with Crippen molar-refractivity contribution in [1.82, 2.24) is 30.4 Å². The number of hydrogen-bond donors (Lipinski definition) is 1. The van der Waals surface area contributed by atoms with E-state index >= 15 is 0 Å². The highest BCUT2D eigenvalue weighted by Gasteiger charge is 2.28. The summed E-state index contributed by atoms with van der Waals surface area (Å²) in [5, 5.41) is 29.3. The Balaban J connectivity index is 1.15. The predicted octanol–water partition coefficient (Wildman–Crippen LogP) is 6.82. The van der Waals surface area contributed by atoms with Crippen LogP contribution in [-0.4, -0.2) is 50.3 Å². The number of likely N-dealkylation sites (tertiary alicyclic amines) is 1. The highest BCUT2D eigenvalue weighted by molar-refractivity contribution is 6.31. The van der Waals surface area contributed by atoms with Gasteiger partial charge in [0, 0.05) is 41.3 Å². The lowest BCUT2D eigenvalue weighted by molar-refractivity contribution is -0.614. The maximum atomic E-state index is 13.9. The Morgan fingerprint density at radius 2 is 1.77 bits per heavy atom. The number of carbonyl (C=O) groups is 1. The Bertz CT molecular complexity index is 1820. The molecule has 3 heterocycles. The molecule has 5 aromatic rings. The number of halogens is 1. The average Bonchev–Trinajstić information content (AvgIpc) is 3.83. The summed E-state index contributed by atoms with van der Waals surface area (Å²) in [6.07, 6.45) is 10.2. The first-order valence-corrected chi connectivity index (χ1v) is 16.9. The topological polar surface area (TPSA) is 103 Å². The van der Waals surface area contributed by atoms with Gasteiger partial charge in [-0.1, -0.05) is 79.0 Å². The van der Waals surface area contributed by atoms with Gasteiger partial charge >= 0.3 is 6.03 Å². The maximum Gasteiger partial charge on any atom is 0.317 e. The van der Waals surface area contributed by atoms with Crippen LogP contribution in [0, 0.1) is 5.21 Å². The summed E-state index contributed by atoms with van der Waals surface area (Å²) in [7, 11) is 0. The molecule has 1 aliphatic carbocycles. The summed E-state index contributed by atoms with van der Waals surface area (Å²) >= 11 is 6.39. The van der Waals surface area contributed by atoms with Crippen molar-refractivity contribution in [3.63, 3.8) is 0 Å². The molecule has 7 rings (SSSR count). The van der Waals surface area contributed by atoms with Gasteiger partial charge < -0.3 is 15.4 Å². The van der Waals surface area contributed by atoms with Gasteiger partial charge in [-0.05, 0) is 89.4 Å². The van der Waals surface area contributed by atoms with E-state index in [9.17, 15) is 10.0 Å². The van der Waals surface area contributed by atoms with E-state index in [1.807, 2.05) is 47.4 Å². The largest absolute Gasteiger partial charge is 0.618 e. The molecule has 2 fully saturated rings. The number of nitrogens with zero attached hydrogens (tertiary/aromatic N) is 6. The van der Waals surface area contributed by atoms with E-state index in [0.717, 1.165) is 65.9 Å². The number of pyridine rings is 1. The van der Waals surface area contributed by atoms with Crippen LogP contribution in [-0.2, 0) is 6.42 Å². The third-order valence-corrected chi connectivity index (χ3v) is 9.93. The standard InChI is InChI=1S/C37H38ClN7O2/c38-31-14-16-35(44-25-39-41-42-44)34(23-31)30-13-15-36(45(47)24-30)33(21-26-7-2-1-3-8-26)29-10-6-9-28(22-29)27-17-19-43(20-18-27)37(46)40-32-11-4-5-12-32/h1-3,6-10,13-16,22-25,27,32-33H,4-5,11-12,17-21H2,(H,40,46). The lowest BCUT2D eigenvalue weighted by Crippen LogP contribution is -2.47. The van der Waals surface area contributed by atoms with Gasteiger partial charge in [0.25, 0.3) is 0 Å². The number of nitrogens with one attached hydrogen (secondary N) is 1. The van der Waals surface area contributed by atoms with Gasteiger partial charge in [-0.15, -0.1) is 5.10 Å². The number of urea groups is 1. The van der Waals surface area contributed by atoms with Crippen LogP contribution in [0.3, 0.4) is 0 Å². The number of amides is 2. The lowest BCUT2D eigenvalue weighted by Gasteiger charge is -2.33. The van der Waals surface area contributed by atoms with Gasteiger partial charge in [0.05, 0.1) is 11.6 Å². The average molecular weight is 648 g/mol. The second kappa shape index (κ2) is 13.9. The third-order valence-electron chi connectivity index (χ3n) is 9.70. The monoisotopic (exact) mass is 647 g/mol. The van der Waals surface area contributed by atoms with Crippen LogP contribution >= 0.6 is 11.6 Å². The highest BCUT2D eigenvalue weighted by Crippen LogP contribution is 2.34. The smallest absolute Gasteiger partial charge is 0.317 e.